The standard InChI is InChI=1S/C8H16N2O4S/c11-8(3-6-15(12,13)14)10-7-1-4-9-5-2-7/h7,9H,1-6H2,(H,10,11)(H,12,13,14). The van der Waals surface area contributed by atoms with Crippen molar-refractivity contribution >= 4 is 16.0 Å². The van der Waals surface area contributed by atoms with Crippen molar-refractivity contribution in [2.75, 3.05) is 18.8 Å². The third-order valence-electron chi connectivity index (χ3n) is 2.29. The molecule has 0 atom stereocenters. The minimum absolute atomic E-state index is 0.125. The molecule has 0 aromatic carbocycles. The molecule has 6 nitrogen and oxygen atoms in total. The molecule has 0 aliphatic carbocycles. The van der Waals surface area contributed by atoms with E-state index in [1.165, 1.54) is 0 Å². The Hall–Kier alpha value is -0.660. The largest absolute Gasteiger partial charge is 0.353 e. The Balaban J connectivity index is 2.23. The van der Waals surface area contributed by atoms with Crippen LogP contribution >= 0.6 is 0 Å². The van der Waals surface area contributed by atoms with Crippen LogP contribution in [0.4, 0.5) is 0 Å². The average Bonchev–Trinajstić information content (AvgIpc) is 2.15. The molecule has 0 aromatic heterocycles. The monoisotopic (exact) mass is 236 g/mol. The molecule has 0 aromatic rings. The predicted octanol–water partition coefficient (Wildman–Crippen LogP) is -0.867. The summed E-state index contributed by atoms with van der Waals surface area (Å²) in [5.41, 5.74) is 0. The lowest BCUT2D eigenvalue weighted by Gasteiger charge is -2.23. The Morgan fingerprint density at radius 2 is 2.00 bits per heavy atom. The van der Waals surface area contributed by atoms with Gasteiger partial charge >= 0.3 is 0 Å². The van der Waals surface area contributed by atoms with E-state index in [2.05, 4.69) is 10.6 Å². The maximum Gasteiger partial charge on any atom is 0.265 e. The second-order valence-corrected chi connectivity index (χ2v) is 5.20. The second kappa shape index (κ2) is 5.43. The average molecular weight is 236 g/mol. The second-order valence-electron chi connectivity index (χ2n) is 3.63. The van der Waals surface area contributed by atoms with Gasteiger partial charge in [0, 0.05) is 12.5 Å². The maximum absolute atomic E-state index is 11.3. The number of hydrogen-bond donors (Lipinski definition) is 3. The minimum atomic E-state index is -4.03. The zero-order valence-electron chi connectivity index (χ0n) is 8.40. The molecule has 0 saturated carbocycles. The van der Waals surface area contributed by atoms with Gasteiger partial charge in [-0.3, -0.25) is 9.35 Å². The molecule has 0 radical (unpaired) electrons. The fraction of sp³-hybridized carbons (Fsp3) is 0.875. The normalized spacial score (nSPS) is 18.7. The van der Waals surface area contributed by atoms with Crippen LogP contribution < -0.4 is 10.6 Å². The van der Waals surface area contributed by atoms with Crippen molar-refractivity contribution in [3.63, 3.8) is 0 Å². The van der Waals surface area contributed by atoms with Crippen LogP contribution in [0.2, 0.25) is 0 Å². The van der Waals surface area contributed by atoms with Gasteiger partial charge in [0.05, 0.1) is 5.75 Å². The van der Waals surface area contributed by atoms with Gasteiger partial charge in [-0.15, -0.1) is 0 Å². The minimum Gasteiger partial charge on any atom is -0.353 e. The molecule has 15 heavy (non-hydrogen) atoms. The molecule has 3 N–H and O–H groups in total. The van der Waals surface area contributed by atoms with Gasteiger partial charge in [-0.1, -0.05) is 0 Å². The van der Waals surface area contributed by atoms with Gasteiger partial charge in [-0.2, -0.15) is 8.42 Å². The molecular weight excluding hydrogens is 220 g/mol. The highest BCUT2D eigenvalue weighted by atomic mass is 32.2. The SMILES string of the molecule is O=C(CCS(=O)(=O)O)NC1CCNCC1. The van der Waals surface area contributed by atoms with Crippen molar-refractivity contribution in [2.45, 2.75) is 25.3 Å². The summed E-state index contributed by atoms with van der Waals surface area (Å²) in [7, 11) is -4.03. The van der Waals surface area contributed by atoms with Crippen molar-refractivity contribution < 1.29 is 17.8 Å². The molecule has 1 aliphatic heterocycles. The van der Waals surface area contributed by atoms with Crippen molar-refractivity contribution in [1.82, 2.24) is 10.6 Å². The Bertz CT molecular complexity index is 309. The molecule has 0 spiro atoms. The topological polar surface area (TPSA) is 95.5 Å². The first-order chi connectivity index (χ1) is 6.97. The highest BCUT2D eigenvalue weighted by Gasteiger charge is 2.16. The summed E-state index contributed by atoms with van der Waals surface area (Å²) in [6.45, 7) is 1.73. The van der Waals surface area contributed by atoms with E-state index < -0.39 is 15.9 Å². The van der Waals surface area contributed by atoms with Gasteiger partial charge in [-0.25, -0.2) is 0 Å². The number of hydrogen-bond acceptors (Lipinski definition) is 4. The summed E-state index contributed by atoms with van der Waals surface area (Å²) in [5, 5.41) is 5.89. The van der Waals surface area contributed by atoms with Gasteiger partial charge in [0.1, 0.15) is 0 Å². The van der Waals surface area contributed by atoms with Crippen LogP contribution in [-0.4, -0.2) is 43.8 Å². The van der Waals surface area contributed by atoms with Crippen LogP contribution in [0.25, 0.3) is 0 Å². The quantitative estimate of drug-likeness (QED) is 0.552. The number of piperidine rings is 1. The predicted molar refractivity (Wildman–Crippen MR) is 55.1 cm³/mol. The number of carbonyl (C=O) groups is 1. The summed E-state index contributed by atoms with van der Waals surface area (Å²) in [6.07, 6.45) is 1.54. The molecule has 1 amide bonds. The van der Waals surface area contributed by atoms with Crippen molar-refractivity contribution in [2.24, 2.45) is 0 Å². The number of nitrogens with one attached hydrogen (secondary N) is 2. The molecule has 7 heteroatoms. The van der Waals surface area contributed by atoms with Gasteiger partial charge in [0.25, 0.3) is 10.1 Å². The summed E-state index contributed by atoms with van der Waals surface area (Å²) in [4.78, 5) is 11.3. The highest BCUT2D eigenvalue weighted by molar-refractivity contribution is 7.85. The Morgan fingerprint density at radius 1 is 1.40 bits per heavy atom. The smallest absolute Gasteiger partial charge is 0.265 e. The Kier molecular flexibility index (Phi) is 4.49. The molecule has 1 fully saturated rings. The molecule has 0 unspecified atom stereocenters. The lowest BCUT2D eigenvalue weighted by Crippen LogP contribution is -2.43. The molecule has 1 rings (SSSR count). The molecular formula is C8H16N2O4S. The van der Waals surface area contributed by atoms with E-state index in [4.69, 9.17) is 4.55 Å². The van der Waals surface area contributed by atoms with E-state index in [-0.39, 0.29) is 18.4 Å². The lowest BCUT2D eigenvalue weighted by molar-refractivity contribution is -0.121. The maximum atomic E-state index is 11.3. The summed E-state index contributed by atoms with van der Waals surface area (Å²) >= 11 is 0. The van der Waals surface area contributed by atoms with E-state index in [1.807, 2.05) is 0 Å². The van der Waals surface area contributed by atoms with Crippen LogP contribution in [0, 0.1) is 0 Å². The van der Waals surface area contributed by atoms with Crippen molar-refractivity contribution in [1.29, 1.82) is 0 Å². The summed E-state index contributed by atoms with van der Waals surface area (Å²) in [5.74, 6) is -0.830. The fourth-order valence-corrected chi connectivity index (χ4v) is 1.93. The first kappa shape index (κ1) is 12.4. The zero-order chi connectivity index (χ0) is 11.3. The van der Waals surface area contributed by atoms with E-state index >= 15 is 0 Å². The number of amides is 1. The van der Waals surface area contributed by atoms with Gasteiger partial charge in [0.2, 0.25) is 5.91 Å². The van der Waals surface area contributed by atoms with E-state index in [9.17, 15) is 13.2 Å². The van der Waals surface area contributed by atoms with Crippen molar-refractivity contribution in [3.8, 4) is 0 Å². The Morgan fingerprint density at radius 3 is 2.53 bits per heavy atom. The molecule has 0 bridgehead atoms. The summed E-state index contributed by atoms with van der Waals surface area (Å²) in [6, 6.07) is 0.125. The lowest BCUT2D eigenvalue weighted by atomic mass is 10.1. The van der Waals surface area contributed by atoms with Gasteiger partial charge in [-0.05, 0) is 25.9 Å². The fourth-order valence-electron chi connectivity index (χ4n) is 1.49. The summed E-state index contributed by atoms with van der Waals surface area (Å²) < 4.78 is 29.2. The van der Waals surface area contributed by atoms with Gasteiger partial charge in [0.15, 0.2) is 0 Å². The molecule has 1 aliphatic rings. The van der Waals surface area contributed by atoms with Gasteiger partial charge < -0.3 is 10.6 Å². The number of carbonyl (C=O) groups excluding carboxylic acids is 1. The molecule has 88 valence electrons. The van der Waals surface area contributed by atoms with Crippen LogP contribution in [-0.2, 0) is 14.9 Å². The van der Waals surface area contributed by atoms with E-state index in [1.54, 1.807) is 0 Å². The molecule has 1 saturated heterocycles. The van der Waals surface area contributed by atoms with Crippen LogP contribution in [0.15, 0.2) is 0 Å². The number of rotatable bonds is 4. The van der Waals surface area contributed by atoms with Crippen LogP contribution in [0.1, 0.15) is 19.3 Å². The third kappa shape index (κ3) is 5.71. The first-order valence-corrected chi connectivity index (χ1v) is 6.53. The first-order valence-electron chi connectivity index (χ1n) is 4.92. The van der Waals surface area contributed by atoms with Crippen LogP contribution in [0.5, 0.6) is 0 Å². The van der Waals surface area contributed by atoms with E-state index in [0.29, 0.717) is 0 Å². The van der Waals surface area contributed by atoms with E-state index in [0.717, 1.165) is 25.9 Å². The van der Waals surface area contributed by atoms with Crippen molar-refractivity contribution in [3.05, 3.63) is 0 Å². The third-order valence-corrected chi connectivity index (χ3v) is 3.01. The highest BCUT2D eigenvalue weighted by Crippen LogP contribution is 2.02. The Labute approximate surface area is 89.2 Å². The van der Waals surface area contributed by atoms with Crippen LogP contribution in [0.3, 0.4) is 0 Å². The molecule has 1 heterocycles. The zero-order valence-corrected chi connectivity index (χ0v) is 9.22.